The van der Waals surface area contributed by atoms with Crippen molar-refractivity contribution in [2.75, 3.05) is 0 Å². The highest BCUT2D eigenvalue weighted by atomic mass is 19.1. The number of halogens is 2. The van der Waals surface area contributed by atoms with Crippen molar-refractivity contribution in [3.05, 3.63) is 52.9 Å². The van der Waals surface area contributed by atoms with Crippen molar-refractivity contribution in [3.8, 4) is 0 Å². The van der Waals surface area contributed by atoms with E-state index in [0.717, 1.165) is 23.9 Å². The number of nitrogens with two attached hydrogens (primary N) is 1. The van der Waals surface area contributed by atoms with Gasteiger partial charge >= 0.3 is 0 Å². The van der Waals surface area contributed by atoms with Crippen LogP contribution in [-0.2, 0) is 13.0 Å². The maximum Gasteiger partial charge on any atom is 0.131 e. The molecule has 1 aromatic carbocycles. The first kappa shape index (κ1) is 14.6. The van der Waals surface area contributed by atoms with Crippen molar-refractivity contribution in [1.29, 1.82) is 0 Å². The number of hydrogen-bond donors (Lipinski definition) is 2. The van der Waals surface area contributed by atoms with E-state index in [1.54, 1.807) is 4.68 Å². The fourth-order valence-electron chi connectivity index (χ4n) is 2.22. The van der Waals surface area contributed by atoms with E-state index in [-0.39, 0.29) is 0 Å². The Morgan fingerprint density at radius 2 is 2.05 bits per heavy atom. The number of aromatic nitrogens is 2. The van der Waals surface area contributed by atoms with Gasteiger partial charge in [0.15, 0.2) is 0 Å². The van der Waals surface area contributed by atoms with Gasteiger partial charge in [-0.05, 0) is 25.5 Å². The standard InChI is InChI=1S/C14H18F2N4/c1-3-10-8-13(20(4-2)19-10)14(18-17)11-6-5-9(15)7-12(11)16/h5-8,14,18H,3-4,17H2,1-2H3. The second-order valence-corrected chi connectivity index (χ2v) is 4.50. The Balaban J connectivity index is 2.48. The summed E-state index contributed by atoms with van der Waals surface area (Å²) in [5.74, 6) is 4.33. The predicted octanol–water partition coefficient (Wildman–Crippen LogP) is 2.30. The summed E-state index contributed by atoms with van der Waals surface area (Å²) >= 11 is 0. The van der Waals surface area contributed by atoms with Crippen LogP contribution < -0.4 is 11.3 Å². The minimum atomic E-state index is -0.630. The largest absolute Gasteiger partial charge is 0.271 e. The Morgan fingerprint density at radius 1 is 1.30 bits per heavy atom. The summed E-state index contributed by atoms with van der Waals surface area (Å²) in [4.78, 5) is 0. The molecular formula is C14H18F2N4. The molecule has 0 bridgehead atoms. The van der Waals surface area contributed by atoms with E-state index in [0.29, 0.717) is 12.1 Å². The third-order valence-corrected chi connectivity index (χ3v) is 3.26. The van der Waals surface area contributed by atoms with E-state index in [1.165, 1.54) is 12.1 Å². The summed E-state index contributed by atoms with van der Waals surface area (Å²) in [5, 5.41) is 4.41. The molecule has 20 heavy (non-hydrogen) atoms. The van der Waals surface area contributed by atoms with Crippen molar-refractivity contribution in [2.45, 2.75) is 32.9 Å². The molecule has 0 saturated carbocycles. The molecule has 0 fully saturated rings. The van der Waals surface area contributed by atoms with Crippen LogP contribution in [0.1, 0.15) is 36.8 Å². The smallest absolute Gasteiger partial charge is 0.131 e. The topological polar surface area (TPSA) is 55.9 Å². The molecule has 3 N–H and O–H groups in total. The summed E-state index contributed by atoms with van der Waals surface area (Å²) in [6.07, 6.45) is 0.781. The summed E-state index contributed by atoms with van der Waals surface area (Å²) in [7, 11) is 0. The average molecular weight is 280 g/mol. The van der Waals surface area contributed by atoms with Crippen LogP contribution in [0.3, 0.4) is 0 Å². The van der Waals surface area contributed by atoms with Crippen LogP contribution in [0.2, 0.25) is 0 Å². The first-order chi connectivity index (χ1) is 9.60. The third-order valence-electron chi connectivity index (χ3n) is 3.26. The highest BCUT2D eigenvalue weighted by molar-refractivity contribution is 5.30. The highest BCUT2D eigenvalue weighted by Gasteiger charge is 2.21. The van der Waals surface area contributed by atoms with Crippen molar-refractivity contribution in [3.63, 3.8) is 0 Å². The van der Waals surface area contributed by atoms with Gasteiger partial charge in [-0.3, -0.25) is 10.5 Å². The van der Waals surface area contributed by atoms with Gasteiger partial charge in [0.2, 0.25) is 0 Å². The Kier molecular flexibility index (Phi) is 4.46. The summed E-state index contributed by atoms with van der Waals surface area (Å²) in [6, 6.07) is 4.79. The van der Waals surface area contributed by atoms with Gasteiger partial charge in [-0.15, -0.1) is 0 Å². The van der Waals surface area contributed by atoms with Crippen LogP contribution >= 0.6 is 0 Å². The van der Waals surface area contributed by atoms with E-state index >= 15 is 0 Å². The quantitative estimate of drug-likeness (QED) is 0.652. The molecule has 2 rings (SSSR count). The molecule has 1 unspecified atom stereocenters. The van der Waals surface area contributed by atoms with Gasteiger partial charge in [-0.1, -0.05) is 13.0 Å². The van der Waals surface area contributed by atoms with E-state index in [2.05, 4.69) is 10.5 Å². The van der Waals surface area contributed by atoms with Crippen molar-refractivity contribution >= 4 is 0 Å². The van der Waals surface area contributed by atoms with Crippen LogP contribution in [0.25, 0.3) is 0 Å². The summed E-state index contributed by atoms with van der Waals surface area (Å²) in [6.45, 7) is 4.59. The first-order valence-electron chi connectivity index (χ1n) is 6.58. The number of rotatable bonds is 5. The first-order valence-corrected chi connectivity index (χ1v) is 6.58. The molecule has 0 aliphatic carbocycles. The molecule has 0 amide bonds. The van der Waals surface area contributed by atoms with Crippen molar-refractivity contribution < 1.29 is 8.78 Å². The number of aryl methyl sites for hydroxylation is 2. The van der Waals surface area contributed by atoms with E-state index < -0.39 is 17.7 Å². The van der Waals surface area contributed by atoms with E-state index in [1.807, 2.05) is 19.9 Å². The maximum atomic E-state index is 13.9. The lowest BCUT2D eigenvalue weighted by Crippen LogP contribution is -2.31. The van der Waals surface area contributed by atoms with Crippen molar-refractivity contribution in [1.82, 2.24) is 15.2 Å². The molecule has 1 aromatic heterocycles. The van der Waals surface area contributed by atoms with Gasteiger partial charge in [0.05, 0.1) is 17.4 Å². The molecule has 2 aromatic rings. The summed E-state index contributed by atoms with van der Waals surface area (Å²) in [5.41, 5.74) is 4.55. The van der Waals surface area contributed by atoms with Crippen LogP contribution in [0.5, 0.6) is 0 Å². The average Bonchev–Trinajstić information content (AvgIpc) is 2.85. The lowest BCUT2D eigenvalue weighted by atomic mass is 10.0. The lowest BCUT2D eigenvalue weighted by molar-refractivity contribution is 0.508. The Labute approximate surface area is 116 Å². The minimum absolute atomic E-state index is 0.297. The van der Waals surface area contributed by atoms with Gasteiger partial charge in [-0.25, -0.2) is 14.2 Å². The number of hydrogen-bond acceptors (Lipinski definition) is 3. The zero-order valence-electron chi connectivity index (χ0n) is 11.5. The van der Waals surface area contributed by atoms with Crippen LogP contribution in [0, 0.1) is 11.6 Å². The summed E-state index contributed by atoms with van der Waals surface area (Å²) < 4.78 is 28.7. The van der Waals surface area contributed by atoms with Crippen molar-refractivity contribution in [2.24, 2.45) is 5.84 Å². The molecule has 0 radical (unpaired) electrons. The van der Waals surface area contributed by atoms with Gasteiger partial charge in [0.25, 0.3) is 0 Å². The molecule has 1 atom stereocenters. The fraction of sp³-hybridized carbons (Fsp3) is 0.357. The molecule has 0 spiro atoms. The van der Waals surface area contributed by atoms with Crippen LogP contribution in [0.4, 0.5) is 8.78 Å². The van der Waals surface area contributed by atoms with E-state index in [4.69, 9.17) is 5.84 Å². The number of nitrogens with one attached hydrogen (secondary N) is 1. The second-order valence-electron chi connectivity index (χ2n) is 4.50. The van der Waals surface area contributed by atoms with Gasteiger partial charge in [-0.2, -0.15) is 5.10 Å². The van der Waals surface area contributed by atoms with Gasteiger partial charge < -0.3 is 0 Å². The van der Waals surface area contributed by atoms with Crippen LogP contribution in [-0.4, -0.2) is 9.78 Å². The normalized spacial score (nSPS) is 12.7. The predicted molar refractivity (Wildman–Crippen MR) is 72.8 cm³/mol. The Hall–Kier alpha value is -1.79. The molecule has 108 valence electrons. The number of nitrogens with zero attached hydrogens (tertiary/aromatic N) is 2. The minimum Gasteiger partial charge on any atom is -0.271 e. The molecular weight excluding hydrogens is 262 g/mol. The van der Waals surface area contributed by atoms with Gasteiger partial charge in [0.1, 0.15) is 11.6 Å². The zero-order chi connectivity index (χ0) is 14.7. The molecule has 1 heterocycles. The number of benzene rings is 1. The Bertz CT molecular complexity index is 595. The monoisotopic (exact) mass is 280 g/mol. The maximum absolute atomic E-state index is 13.9. The molecule has 0 aliphatic heterocycles. The lowest BCUT2D eigenvalue weighted by Gasteiger charge is -2.18. The SMILES string of the molecule is CCc1cc(C(NN)c2ccc(F)cc2F)n(CC)n1. The fourth-order valence-corrected chi connectivity index (χ4v) is 2.22. The molecule has 0 aliphatic rings. The molecule has 0 saturated heterocycles. The Morgan fingerprint density at radius 3 is 2.60 bits per heavy atom. The second kappa shape index (κ2) is 6.11. The molecule has 4 nitrogen and oxygen atoms in total. The van der Waals surface area contributed by atoms with E-state index in [9.17, 15) is 8.78 Å². The zero-order valence-corrected chi connectivity index (χ0v) is 11.5. The number of hydrazine groups is 1. The van der Waals surface area contributed by atoms with Gasteiger partial charge in [0, 0.05) is 18.2 Å². The third kappa shape index (κ3) is 2.71. The molecule has 6 heteroatoms. The highest BCUT2D eigenvalue weighted by Crippen LogP contribution is 2.25. The van der Waals surface area contributed by atoms with Crippen LogP contribution in [0.15, 0.2) is 24.3 Å².